The van der Waals surface area contributed by atoms with Gasteiger partial charge < -0.3 is 14.4 Å². The van der Waals surface area contributed by atoms with Crippen molar-refractivity contribution in [2.45, 2.75) is 53.1 Å². The smallest absolute Gasteiger partial charge is 0.306 e. The Labute approximate surface area is 120 Å². The lowest BCUT2D eigenvalue weighted by Crippen LogP contribution is -2.34. The molecule has 116 valence electrons. The summed E-state index contributed by atoms with van der Waals surface area (Å²) >= 11 is 0. The number of nitrogens with zero attached hydrogens (tertiary/aromatic N) is 1. The van der Waals surface area contributed by atoms with Crippen molar-refractivity contribution in [1.82, 2.24) is 4.90 Å². The number of likely N-dealkylation sites (N-methyl/N-ethyl adjacent to an activating group) is 1. The Morgan fingerprint density at radius 2 is 1.45 bits per heavy atom. The summed E-state index contributed by atoms with van der Waals surface area (Å²) in [6.07, 6.45) is -0.129. The number of ether oxygens (including phenoxy) is 2. The second-order valence-electron chi connectivity index (χ2n) is 5.31. The summed E-state index contributed by atoms with van der Waals surface area (Å²) in [5.41, 5.74) is -0.570. The standard InChI is InChI=1S/C14H25NO5/c1-6-15(7-2)11(16)10-19-12(17)8-9-13(18)20-14(3,4)5/h6-10H2,1-5H3. The molecular weight excluding hydrogens is 262 g/mol. The summed E-state index contributed by atoms with van der Waals surface area (Å²) < 4.78 is 9.90. The van der Waals surface area contributed by atoms with Crippen molar-refractivity contribution in [2.75, 3.05) is 19.7 Å². The summed E-state index contributed by atoms with van der Waals surface area (Å²) in [5, 5.41) is 0. The highest BCUT2D eigenvalue weighted by molar-refractivity contribution is 5.82. The Bertz CT molecular complexity index is 342. The Balaban J connectivity index is 3.96. The minimum Gasteiger partial charge on any atom is -0.460 e. The molecule has 0 spiro atoms. The fourth-order valence-corrected chi connectivity index (χ4v) is 1.48. The van der Waals surface area contributed by atoms with Crippen LogP contribution in [0.25, 0.3) is 0 Å². The predicted octanol–water partition coefficient (Wildman–Crippen LogP) is 1.52. The molecule has 0 radical (unpaired) electrons. The van der Waals surface area contributed by atoms with Gasteiger partial charge in [-0.15, -0.1) is 0 Å². The third-order valence-electron chi connectivity index (χ3n) is 2.43. The number of hydrogen-bond acceptors (Lipinski definition) is 5. The van der Waals surface area contributed by atoms with Gasteiger partial charge in [-0.3, -0.25) is 14.4 Å². The van der Waals surface area contributed by atoms with E-state index in [0.717, 1.165) is 0 Å². The molecule has 0 fully saturated rings. The molecule has 6 nitrogen and oxygen atoms in total. The predicted molar refractivity (Wildman–Crippen MR) is 74.0 cm³/mol. The second-order valence-corrected chi connectivity index (χ2v) is 5.31. The number of amides is 1. The van der Waals surface area contributed by atoms with E-state index in [2.05, 4.69) is 0 Å². The fourth-order valence-electron chi connectivity index (χ4n) is 1.48. The molecule has 0 atom stereocenters. The lowest BCUT2D eigenvalue weighted by Gasteiger charge is -2.19. The molecule has 0 saturated heterocycles. The van der Waals surface area contributed by atoms with Crippen LogP contribution < -0.4 is 0 Å². The molecule has 6 heteroatoms. The van der Waals surface area contributed by atoms with Crippen molar-refractivity contribution >= 4 is 17.8 Å². The quantitative estimate of drug-likeness (QED) is 0.664. The van der Waals surface area contributed by atoms with Crippen molar-refractivity contribution in [3.8, 4) is 0 Å². The molecule has 20 heavy (non-hydrogen) atoms. The highest BCUT2D eigenvalue weighted by Gasteiger charge is 2.18. The third kappa shape index (κ3) is 8.50. The van der Waals surface area contributed by atoms with Crippen LogP contribution in [0.1, 0.15) is 47.5 Å². The van der Waals surface area contributed by atoms with Crippen molar-refractivity contribution in [2.24, 2.45) is 0 Å². The van der Waals surface area contributed by atoms with Crippen LogP contribution in [0.3, 0.4) is 0 Å². The Morgan fingerprint density at radius 3 is 1.90 bits per heavy atom. The van der Waals surface area contributed by atoms with Crippen LogP contribution in [0.4, 0.5) is 0 Å². The summed E-state index contributed by atoms with van der Waals surface area (Å²) in [4.78, 5) is 36.0. The van der Waals surface area contributed by atoms with Crippen LogP contribution in [0.2, 0.25) is 0 Å². The van der Waals surface area contributed by atoms with Crippen molar-refractivity contribution in [3.63, 3.8) is 0 Å². The lowest BCUT2D eigenvalue weighted by atomic mass is 10.2. The largest absolute Gasteiger partial charge is 0.460 e. The van der Waals surface area contributed by atoms with Crippen LogP contribution in [0.5, 0.6) is 0 Å². The zero-order chi connectivity index (χ0) is 15.8. The maximum Gasteiger partial charge on any atom is 0.306 e. The van der Waals surface area contributed by atoms with Gasteiger partial charge in [-0.2, -0.15) is 0 Å². The first-order valence-electron chi connectivity index (χ1n) is 6.84. The molecule has 0 aliphatic heterocycles. The molecule has 0 aliphatic carbocycles. The summed E-state index contributed by atoms with van der Waals surface area (Å²) in [6.45, 7) is 9.84. The van der Waals surface area contributed by atoms with E-state index in [1.807, 2.05) is 13.8 Å². The Kier molecular flexibility index (Phi) is 7.87. The molecule has 0 heterocycles. The number of hydrogen-bond donors (Lipinski definition) is 0. The first kappa shape index (κ1) is 18.4. The van der Waals surface area contributed by atoms with Gasteiger partial charge in [-0.25, -0.2) is 0 Å². The molecule has 1 amide bonds. The normalized spacial score (nSPS) is 10.8. The first-order valence-corrected chi connectivity index (χ1v) is 6.84. The van der Waals surface area contributed by atoms with Crippen LogP contribution in [-0.2, 0) is 23.9 Å². The van der Waals surface area contributed by atoms with Gasteiger partial charge >= 0.3 is 11.9 Å². The lowest BCUT2D eigenvalue weighted by molar-refractivity contribution is -0.159. The van der Waals surface area contributed by atoms with E-state index in [-0.39, 0.29) is 25.4 Å². The molecule has 0 rings (SSSR count). The minimum absolute atomic E-state index is 0.0461. The van der Waals surface area contributed by atoms with E-state index in [1.54, 1.807) is 25.7 Å². The summed E-state index contributed by atoms with van der Waals surface area (Å²) in [5.74, 6) is -1.26. The van der Waals surface area contributed by atoms with E-state index < -0.39 is 17.5 Å². The molecule has 0 bridgehead atoms. The molecule has 0 saturated carbocycles. The number of esters is 2. The summed E-state index contributed by atoms with van der Waals surface area (Å²) in [7, 11) is 0. The van der Waals surface area contributed by atoms with Crippen LogP contribution in [-0.4, -0.2) is 48.0 Å². The maximum absolute atomic E-state index is 11.6. The van der Waals surface area contributed by atoms with Crippen molar-refractivity contribution in [3.05, 3.63) is 0 Å². The molecule has 0 aromatic heterocycles. The van der Waals surface area contributed by atoms with Gasteiger partial charge in [-0.05, 0) is 34.6 Å². The average Bonchev–Trinajstić information content (AvgIpc) is 2.33. The van der Waals surface area contributed by atoms with Crippen LogP contribution in [0.15, 0.2) is 0 Å². The second kappa shape index (κ2) is 8.55. The monoisotopic (exact) mass is 287 g/mol. The molecule has 0 aromatic carbocycles. The summed E-state index contributed by atoms with van der Waals surface area (Å²) in [6, 6.07) is 0. The highest BCUT2D eigenvalue weighted by Crippen LogP contribution is 2.09. The van der Waals surface area contributed by atoms with Gasteiger partial charge in [0.05, 0.1) is 12.8 Å². The van der Waals surface area contributed by atoms with Crippen molar-refractivity contribution in [1.29, 1.82) is 0 Å². The molecular formula is C14H25NO5. The zero-order valence-corrected chi connectivity index (χ0v) is 13.0. The van der Waals surface area contributed by atoms with Gasteiger partial charge in [0, 0.05) is 13.1 Å². The van der Waals surface area contributed by atoms with E-state index in [0.29, 0.717) is 13.1 Å². The van der Waals surface area contributed by atoms with Crippen LogP contribution in [0, 0.1) is 0 Å². The topological polar surface area (TPSA) is 72.9 Å². The zero-order valence-electron chi connectivity index (χ0n) is 13.0. The van der Waals surface area contributed by atoms with E-state index in [1.165, 1.54) is 0 Å². The first-order chi connectivity index (χ1) is 9.19. The number of rotatable bonds is 7. The molecule has 0 N–H and O–H groups in total. The average molecular weight is 287 g/mol. The molecule has 0 unspecified atom stereocenters. The maximum atomic E-state index is 11.6. The van der Waals surface area contributed by atoms with E-state index in [9.17, 15) is 14.4 Å². The minimum atomic E-state index is -0.573. The number of carbonyl (C=O) groups is 3. The third-order valence-corrected chi connectivity index (χ3v) is 2.43. The molecule has 0 aliphatic rings. The van der Waals surface area contributed by atoms with E-state index >= 15 is 0 Å². The highest BCUT2D eigenvalue weighted by atomic mass is 16.6. The van der Waals surface area contributed by atoms with Gasteiger partial charge in [0.2, 0.25) is 0 Å². The van der Waals surface area contributed by atoms with Crippen LogP contribution >= 0.6 is 0 Å². The number of carbonyl (C=O) groups excluding carboxylic acids is 3. The SMILES string of the molecule is CCN(CC)C(=O)COC(=O)CCC(=O)OC(C)(C)C. The van der Waals surface area contributed by atoms with Crippen molar-refractivity contribution < 1.29 is 23.9 Å². The fraction of sp³-hybridized carbons (Fsp3) is 0.786. The van der Waals surface area contributed by atoms with Gasteiger partial charge in [0.25, 0.3) is 5.91 Å². The van der Waals surface area contributed by atoms with Gasteiger partial charge in [0.1, 0.15) is 5.60 Å². The van der Waals surface area contributed by atoms with E-state index in [4.69, 9.17) is 9.47 Å². The Morgan fingerprint density at radius 1 is 0.950 bits per heavy atom. The van der Waals surface area contributed by atoms with Gasteiger partial charge in [-0.1, -0.05) is 0 Å². The molecule has 0 aromatic rings. The Hall–Kier alpha value is -1.59. The van der Waals surface area contributed by atoms with Gasteiger partial charge in [0.15, 0.2) is 6.61 Å².